The fourth-order valence-corrected chi connectivity index (χ4v) is 0.481. The van der Waals surface area contributed by atoms with Crippen LogP contribution in [0.25, 0.3) is 0 Å². The maximum atomic E-state index is 12.7. The summed E-state index contributed by atoms with van der Waals surface area (Å²) in [5.41, 5.74) is -1.85. The van der Waals surface area contributed by atoms with Gasteiger partial charge >= 0.3 is 5.97 Å². The summed E-state index contributed by atoms with van der Waals surface area (Å²) in [7, 11) is 0. The van der Waals surface area contributed by atoms with E-state index in [9.17, 15) is 9.18 Å². The number of rotatable bonds is 4. The molecular formula is C8H15FO2. The Morgan fingerprint density at radius 3 is 2.45 bits per heavy atom. The number of hydrogen-bond donors (Lipinski definition) is 0. The van der Waals surface area contributed by atoms with Crippen molar-refractivity contribution in [2.45, 2.75) is 39.3 Å². The van der Waals surface area contributed by atoms with Crippen LogP contribution in [0.3, 0.4) is 0 Å². The molecule has 2 nitrogen and oxygen atoms in total. The molecule has 3 heteroatoms. The molecule has 11 heavy (non-hydrogen) atoms. The Bertz CT molecular complexity index is 127. The normalized spacial score (nSPS) is 11.3. The standard InChI is InChI=1S/C8H15FO2/c1-4-5-6-11-7(10)8(2,3)9/h4-6H2,1-3H3. The van der Waals surface area contributed by atoms with Crippen LogP contribution in [0, 0.1) is 0 Å². The first-order chi connectivity index (χ1) is 4.98. The van der Waals surface area contributed by atoms with Gasteiger partial charge < -0.3 is 4.74 Å². The number of alkyl halides is 1. The molecule has 0 aliphatic rings. The Balaban J connectivity index is 3.54. The van der Waals surface area contributed by atoms with Gasteiger partial charge in [-0.05, 0) is 20.3 Å². The van der Waals surface area contributed by atoms with E-state index in [1.165, 1.54) is 13.8 Å². The van der Waals surface area contributed by atoms with E-state index in [-0.39, 0.29) is 0 Å². The van der Waals surface area contributed by atoms with Crippen LogP contribution in [0.15, 0.2) is 0 Å². The Kier molecular flexibility index (Phi) is 4.08. The molecule has 0 heterocycles. The van der Waals surface area contributed by atoms with Gasteiger partial charge in [-0.25, -0.2) is 9.18 Å². The molecule has 0 aliphatic heterocycles. The summed E-state index contributed by atoms with van der Waals surface area (Å²) in [6, 6.07) is 0. The maximum Gasteiger partial charge on any atom is 0.343 e. The molecule has 0 fully saturated rings. The highest BCUT2D eigenvalue weighted by Crippen LogP contribution is 2.10. The quantitative estimate of drug-likeness (QED) is 0.467. The van der Waals surface area contributed by atoms with Crippen molar-refractivity contribution in [3.63, 3.8) is 0 Å². The average Bonchev–Trinajstić information content (AvgIpc) is 1.86. The lowest BCUT2D eigenvalue weighted by Crippen LogP contribution is -2.28. The van der Waals surface area contributed by atoms with E-state index < -0.39 is 11.6 Å². The Morgan fingerprint density at radius 2 is 2.09 bits per heavy atom. The minimum atomic E-state index is -1.85. The van der Waals surface area contributed by atoms with Crippen LogP contribution in [0.4, 0.5) is 4.39 Å². The van der Waals surface area contributed by atoms with Crippen molar-refractivity contribution in [1.29, 1.82) is 0 Å². The Labute approximate surface area is 66.7 Å². The maximum absolute atomic E-state index is 12.7. The minimum Gasteiger partial charge on any atom is -0.463 e. The highest BCUT2D eigenvalue weighted by atomic mass is 19.1. The van der Waals surface area contributed by atoms with E-state index in [4.69, 9.17) is 0 Å². The first-order valence-electron chi connectivity index (χ1n) is 3.84. The van der Waals surface area contributed by atoms with E-state index in [0.717, 1.165) is 12.8 Å². The minimum absolute atomic E-state index is 0.322. The number of carbonyl (C=O) groups excluding carboxylic acids is 1. The van der Waals surface area contributed by atoms with Crippen molar-refractivity contribution in [2.24, 2.45) is 0 Å². The molecule has 0 saturated carbocycles. The highest BCUT2D eigenvalue weighted by molar-refractivity contribution is 5.78. The molecule has 0 unspecified atom stereocenters. The summed E-state index contributed by atoms with van der Waals surface area (Å²) in [5, 5.41) is 0. The number of esters is 1. The van der Waals surface area contributed by atoms with Gasteiger partial charge in [-0.15, -0.1) is 0 Å². The van der Waals surface area contributed by atoms with Crippen molar-refractivity contribution in [3.05, 3.63) is 0 Å². The molecular weight excluding hydrogens is 147 g/mol. The van der Waals surface area contributed by atoms with Gasteiger partial charge in [0.1, 0.15) is 0 Å². The zero-order chi connectivity index (χ0) is 8.91. The third-order valence-corrected chi connectivity index (χ3v) is 1.22. The van der Waals surface area contributed by atoms with Crippen LogP contribution in [0.2, 0.25) is 0 Å². The topological polar surface area (TPSA) is 26.3 Å². The summed E-state index contributed by atoms with van der Waals surface area (Å²) in [5.74, 6) is -0.772. The van der Waals surface area contributed by atoms with Gasteiger partial charge in [0.05, 0.1) is 6.61 Å². The van der Waals surface area contributed by atoms with Crippen LogP contribution < -0.4 is 0 Å². The van der Waals surface area contributed by atoms with Gasteiger partial charge in [0, 0.05) is 0 Å². The lowest BCUT2D eigenvalue weighted by molar-refractivity contribution is -0.155. The monoisotopic (exact) mass is 162 g/mol. The van der Waals surface area contributed by atoms with Gasteiger partial charge in [0.2, 0.25) is 5.67 Å². The Hall–Kier alpha value is -0.600. The molecule has 0 aromatic carbocycles. The van der Waals surface area contributed by atoms with E-state index in [0.29, 0.717) is 6.61 Å². The number of hydrogen-bond acceptors (Lipinski definition) is 2. The predicted octanol–water partition coefficient (Wildman–Crippen LogP) is 2.08. The van der Waals surface area contributed by atoms with Crippen molar-refractivity contribution in [2.75, 3.05) is 6.61 Å². The van der Waals surface area contributed by atoms with Crippen molar-refractivity contribution in [1.82, 2.24) is 0 Å². The number of halogens is 1. The Morgan fingerprint density at radius 1 is 1.55 bits per heavy atom. The summed E-state index contributed by atoms with van der Waals surface area (Å²) >= 11 is 0. The van der Waals surface area contributed by atoms with Gasteiger partial charge in [-0.1, -0.05) is 13.3 Å². The van der Waals surface area contributed by atoms with Crippen LogP contribution in [-0.4, -0.2) is 18.2 Å². The molecule has 0 spiro atoms. The number of ether oxygens (including phenoxy) is 1. The molecule has 0 aromatic rings. The van der Waals surface area contributed by atoms with Gasteiger partial charge in [0.15, 0.2) is 0 Å². The smallest absolute Gasteiger partial charge is 0.343 e. The lowest BCUT2D eigenvalue weighted by Gasteiger charge is -2.12. The molecule has 0 aliphatic carbocycles. The molecule has 66 valence electrons. The first kappa shape index (κ1) is 10.4. The molecule has 0 atom stereocenters. The van der Waals surface area contributed by atoms with Crippen LogP contribution in [0.1, 0.15) is 33.6 Å². The fourth-order valence-electron chi connectivity index (χ4n) is 0.481. The van der Waals surface area contributed by atoms with Crippen molar-refractivity contribution < 1.29 is 13.9 Å². The fraction of sp³-hybridized carbons (Fsp3) is 0.875. The van der Waals surface area contributed by atoms with E-state index in [2.05, 4.69) is 4.74 Å². The molecule has 0 rings (SSSR count). The zero-order valence-corrected chi connectivity index (χ0v) is 7.32. The predicted molar refractivity (Wildman–Crippen MR) is 41.1 cm³/mol. The molecule has 0 N–H and O–H groups in total. The number of carbonyl (C=O) groups is 1. The second kappa shape index (κ2) is 4.31. The summed E-state index contributed by atoms with van der Waals surface area (Å²) < 4.78 is 17.4. The molecule has 0 bridgehead atoms. The van der Waals surface area contributed by atoms with Gasteiger partial charge in [0.25, 0.3) is 0 Å². The van der Waals surface area contributed by atoms with Crippen LogP contribution in [0.5, 0.6) is 0 Å². The third kappa shape index (κ3) is 4.76. The average molecular weight is 162 g/mol. The van der Waals surface area contributed by atoms with Gasteiger partial charge in [-0.2, -0.15) is 0 Å². The molecule has 0 aromatic heterocycles. The lowest BCUT2D eigenvalue weighted by atomic mass is 10.2. The molecule has 0 radical (unpaired) electrons. The first-order valence-corrected chi connectivity index (χ1v) is 3.84. The van der Waals surface area contributed by atoms with E-state index in [1.54, 1.807) is 0 Å². The second-order valence-electron chi connectivity index (χ2n) is 2.96. The zero-order valence-electron chi connectivity index (χ0n) is 7.32. The largest absolute Gasteiger partial charge is 0.463 e. The SMILES string of the molecule is CCCCOC(=O)C(C)(C)F. The molecule has 0 amide bonds. The summed E-state index contributed by atoms with van der Waals surface area (Å²) in [6.45, 7) is 4.69. The van der Waals surface area contributed by atoms with Crippen molar-refractivity contribution >= 4 is 5.97 Å². The highest BCUT2D eigenvalue weighted by Gasteiger charge is 2.27. The number of unbranched alkanes of at least 4 members (excludes halogenated alkanes) is 1. The summed E-state index contributed by atoms with van der Waals surface area (Å²) in [6.07, 6.45) is 1.74. The summed E-state index contributed by atoms with van der Waals surface area (Å²) in [4.78, 5) is 10.7. The second-order valence-corrected chi connectivity index (χ2v) is 2.96. The van der Waals surface area contributed by atoms with E-state index in [1.807, 2.05) is 6.92 Å². The third-order valence-electron chi connectivity index (χ3n) is 1.22. The van der Waals surface area contributed by atoms with Gasteiger partial charge in [-0.3, -0.25) is 0 Å². The van der Waals surface area contributed by atoms with Crippen molar-refractivity contribution in [3.8, 4) is 0 Å². The molecule has 0 saturated heterocycles. The van der Waals surface area contributed by atoms with Crippen LogP contribution >= 0.6 is 0 Å². The van der Waals surface area contributed by atoms with Crippen LogP contribution in [-0.2, 0) is 9.53 Å². The van der Waals surface area contributed by atoms with E-state index >= 15 is 0 Å².